The highest BCUT2D eigenvalue weighted by Crippen LogP contribution is 2.35. The number of nitrogens with zero attached hydrogens (tertiary/aromatic N) is 9. The second-order valence-corrected chi connectivity index (χ2v) is 11.4. The minimum absolute atomic E-state index is 0.0203. The standard InChI is InChI=1S/C26H37N13O8/c27-11(22(30)44)1-2-37(5-12-16(41)18(43)25(46-12)38-9-35-14-20(28)31-7-33-23(14)38)3-4-45-19-17(42)13(6-40)47-26(19)39-10-36-15-21(29)32-8-34-24(15)39/h7-13,16-19,25-26,40-43H,1-6,27H2,(H2,30,44)(H2,28,31,33)(H2,29,32,34)/t11-,12+,13+,16+,17+,18+,19+,25+,26+/m0/s1. The molecule has 0 aliphatic carbocycles. The molecule has 1 amide bonds. The third-order valence-electron chi connectivity index (χ3n) is 8.43. The molecule has 4 aromatic heterocycles. The largest absolute Gasteiger partial charge is 0.394 e. The normalized spacial score (nSPS) is 28.6. The summed E-state index contributed by atoms with van der Waals surface area (Å²) < 4.78 is 21.2. The summed E-state index contributed by atoms with van der Waals surface area (Å²) in [6, 6.07) is -0.933. The highest BCUT2D eigenvalue weighted by atomic mass is 16.6. The van der Waals surface area contributed by atoms with Crippen LogP contribution in [0, 0.1) is 0 Å². The van der Waals surface area contributed by atoms with Gasteiger partial charge in [0.15, 0.2) is 35.4 Å². The molecule has 0 radical (unpaired) electrons. The number of ether oxygens (including phenoxy) is 3. The van der Waals surface area contributed by atoms with Crippen LogP contribution < -0.4 is 22.9 Å². The zero-order valence-electron chi connectivity index (χ0n) is 25.0. The van der Waals surface area contributed by atoms with E-state index in [0.29, 0.717) is 22.3 Å². The van der Waals surface area contributed by atoms with Crippen LogP contribution in [0.15, 0.2) is 25.3 Å². The lowest BCUT2D eigenvalue weighted by atomic mass is 10.1. The molecule has 21 nitrogen and oxygen atoms in total. The van der Waals surface area contributed by atoms with E-state index in [-0.39, 0.29) is 44.3 Å². The van der Waals surface area contributed by atoms with Crippen LogP contribution in [0.5, 0.6) is 0 Å². The fourth-order valence-electron chi connectivity index (χ4n) is 5.83. The molecule has 2 aliphatic rings. The Hall–Kier alpha value is -4.19. The summed E-state index contributed by atoms with van der Waals surface area (Å²) in [5.74, 6) is -0.363. The van der Waals surface area contributed by atoms with Gasteiger partial charge in [-0.05, 0) is 6.42 Å². The van der Waals surface area contributed by atoms with E-state index < -0.39 is 67.6 Å². The van der Waals surface area contributed by atoms with Gasteiger partial charge in [0.2, 0.25) is 5.91 Å². The Balaban J connectivity index is 1.16. The summed E-state index contributed by atoms with van der Waals surface area (Å²) in [6.07, 6.45) is -3.09. The number of carbonyl (C=O) groups is 1. The van der Waals surface area contributed by atoms with Gasteiger partial charge in [-0.2, -0.15) is 0 Å². The van der Waals surface area contributed by atoms with Crippen molar-refractivity contribution in [1.29, 1.82) is 0 Å². The molecule has 4 aromatic rings. The van der Waals surface area contributed by atoms with Crippen molar-refractivity contribution in [3.8, 4) is 0 Å². The number of nitrogen functional groups attached to an aromatic ring is 2. The second kappa shape index (κ2) is 13.5. The van der Waals surface area contributed by atoms with E-state index in [0.717, 1.165) is 0 Å². The first-order valence-corrected chi connectivity index (χ1v) is 14.8. The van der Waals surface area contributed by atoms with Gasteiger partial charge in [0.1, 0.15) is 60.3 Å². The first-order chi connectivity index (χ1) is 22.6. The predicted octanol–water partition coefficient (Wildman–Crippen LogP) is -4.41. The van der Waals surface area contributed by atoms with Crippen molar-refractivity contribution in [2.75, 3.05) is 44.3 Å². The Bertz CT molecular complexity index is 1710. The van der Waals surface area contributed by atoms with Crippen molar-refractivity contribution in [1.82, 2.24) is 43.9 Å². The second-order valence-electron chi connectivity index (χ2n) is 11.4. The van der Waals surface area contributed by atoms with Crippen molar-refractivity contribution >= 4 is 39.9 Å². The molecule has 0 unspecified atom stereocenters. The molecule has 6 heterocycles. The number of fused-ring (bicyclic) bond motifs is 2. The molecule has 0 spiro atoms. The first kappa shape index (κ1) is 32.7. The van der Waals surface area contributed by atoms with Crippen LogP contribution in [0.4, 0.5) is 11.6 Å². The van der Waals surface area contributed by atoms with Crippen molar-refractivity contribution in [3.63, 3.8) is 0 Å². The third kappa shape index (κ3) is 6.27. The average molecular weight is 660 g/mol. The van der Waals surface area contributed by atoms with Crippen LogP contribution in [0.2, 0.25) is 0 Å². The monoisotopic (exact) mass is 659 g/mol. The molecule has 2 aliphatic heterocycles. The Morgan fingerprint density at radius 3 is 2.06 bits per heavy atom. The maximum atomic E-state index is 11.6. The predicted molar refractivity (Wildman–Crippen MR) is 160 cm³/mol. The minimum atomic E-state index is -1.34. The molecular weight excluding hydrogens is 622 g/mol. The van der Waals surface area contributed by atoms with E-state index in [1.165, 1.54) is 29.9 Å². The molecule has 0 saturated carbocycles. The van der Waals surface area contributed by atoms with E-state index in [1.54, 1.807) is 4.57 Å². The summed E-state index contributed by atoms with van der Waals surface area (Å²) in [5, 5.41) is 42.7. The Morgan fingerprint density at radius 2 is 1.47 bits per heavy atom. The number of amides is 1. The molecular formula is C26H37N13O8. The smallest absolute Gasteiger partial charge is 0.234 e. The number of primary amides is 1. The summed E-state index contributed by atoms with van der Waals surface area (Å²) in [5.41, 5.74) is 24.4. The van der Waals surface area contributed by atoms with Gasteiger partial charge >= 0.3 is 0 Å². The fourth-order valence-corrected chi connectivity index (χ4v) is 5.83. The molecule has 21 heteroatoms. The van der Waals surface area contributed by atoms with Gasteiger partial charge in [-0.1, -0.05) is 0 Å². The zero-order valence-corrected chi connectivity index (χ0v) is 25.0. The van der Waals surface area contributed by atoms with Crippen LogP contribution in [-0.2, 0) is 19.0 Å². The third-order valence-corrected chi connectivity index (χ3v) is 8.43. The number of aliphatic hydroxyl groups is 4. The number of aliphatic hydroxyl groups excluding tert-OH is 4. The number of aromatic nitrogens is 8. The fraction of sp³-hybridized carbons (Fsp3) is 0.577. The van der Waals surface area contributed by atoms with Crippen LogP contribution in [0.3, 0.4) is 0 Å². The minimum Gasteiger partial charge on any atom is -0.394 e. The zero-order chi connectivity index (χ0) is 33.4. The molecule has 47 heavy (non-hydrogen) atoms. The maximum Gasteiger partial charge on any atom is 0.234 e. The molecule has 6 rings (SSSR count). The first-order valence-electron chi connectivity index (χ1n) is 14.8. The molecule has 0 aromatic carbocycles. The van der Waals surface area contributed by atoms with Crippen molar-refractivity contribution in [3.05, 3.63) is 25.3 Å². The van der Waals surface area contributed by atoms with Gasteiger partial charge in [-0.25, -0.2) is 29.9 Å². The number of anilines is 2. The van der Waals surface area contributed by atoms with E-state index in [4.69, 9.17) is 37.1 Å². The Morgan fingerprint density at radius 1 is 0.872 bits per heavy atom. The molecule has 9 atom stereocenters. The van der Waals surface area contributed by atoms with Crippen LogP contribution >= 0.6 is 0 Å². The number of nitrogens with two attached hydrogens (primary N) is 4. The van der Waals surface area contributed by atoms with Crippen LogP contribution in [-0.4, -0.2) is 146 Å². The van der Waals surface area contributed by atoms with Crippen molar-refractivity contribution < 1.29 is 39.4 Å². The molecule has 2 fully saturated rings. The van der Waals surface area contributed by atoms with Gasteiger partial charge in [-0.15, -0.1) is 0 Å². The average Bonchev–Trinajstić information content (AvgIpc) is 3.82. The van der Waals surface area contributed by atoms with E-state index in [9.17, 15) is 25.2 Å². The number of rotatable bonds is 13. The van der Waals surface area contributed by atoms with Gasteiger partial charge in [0, 0.05) is 19.6 Å². The van der Waals surface area contributed by atoms with Gasteiger partial charge in [0.25, 0.3) is 0 Å². The number of imidazole rings is 2. The van der Waals surface area contributed by atoms with Gasteiger partial charge < -0.3 is 57.6 Å². The molecule has 12 N–H and O–H groups in total. The van der Waals surface area contributed by atoms with Crippen molar-refractivity contribution in [2.24, 2.45) is 11.5 Å². The highest BCUT2D eigenvalue weighted by molar-refractivity contribution is 5.82. The summed E-state index contributed by atoms with van der Waals surface area (Å²) in [4.78, 5) is 38.2. The van der Waals surface area contributed by atoms with Crippen LogP contribution in [0.1, 0.15) is 18.9 Å². The summed E-state index contributed by atoms with van der Waals surface area (Å²) in [7, 11) is 0. The topological polar surface area (TPSA) is 320 Å². The lowest BCUT2D eigenvalue weighted by Crippen LogP contribution is -2.45. The quantitative estimate of drug-likeness (QED) is 0.0671. The molecule has 0 bridgehead atoms. The SMILES string of the molecule is NC(=O)[C@@H](N)CCN(CCO[C@@H]1[C@H](O)[C@@H](CO)O[C@H]1n1cnc2c(N)ncnc21)C[C@H]1O[C@@H](n2cnc3c(N)ncnc32)[C@H](O)[C@@H]1O. The lowest BCUT2D eigenvalue weighted by Gasteiger charge is -2.29. The number of carbonyl (C=O) groups excluding carboxylic acids is 1. The summed E-state index contributed by atoms with van der Waals surface area (Å²) in [6.45, 7) is 0.0850. The highest BCUT2D eigenvalue weighted by Gasteiger charge is 2.47. The van der Waals surface area contributed by atoms with E-state index in [2.05, 4.69) is 29.9 Å². The Kier molecular flexibility index (Phi) is 9.41. The van der Waals surface area contributed by atoms with E-state index in [1.807, 2.05) is 4.90 Å². The van der Waals surface area contributed by atoms with Crippen molar-refractivity contribution in [2.45, 2.75) is 61.5 Å². The summed E-state index contributed by atoms with van der Waals surface area (Å²) >= 11 is 0. The maximum absolute atomic E-state index is 11.6. The lowest BCUT2D eigenvalue weighted by molar-refractivity contribution is -0.119. The van der Waals surface area contributed by atoms with Gasteiger partial charge in [-0.3, -0.25) is 18.8 Å². The van der Waals surface area contributed by atoms with E-state index >= 15 is 0 Å². The Labute approximate surface area is 266 Å². The number of hydrogen-bond donors (Lipinski definition) is 8. The molecule has 2 saturated heterocycles. The van der Waals surface area contributed by atoms with Gasteiger partial charge in [0.05, 0.1) is 31.9 Å². The number of hydrogen-bond acceptors (Lipinski definition) is 18. The van der Waals surface area contributed by atoms with Crippen LogP contribution in [0.25, 0.3) is 22.3 Å². The molecule has 254 valence electrons.